The maximum atomic E-state index is 8.50. The summed E-state index contributed by atoms with van der Waals surface area (Å²) in [5, 5.41) is 1.54. The van der Waals surface area contributed by atoms with Gasteiger partial charge in [-0.2, -0.15) is 0 Å². The van der Waals surface area contributed by atoms with E-state index >= 15 is 0 Å². The van der Waals surface area contributed by atoms with Gasteiger partial charge in [0.05, 0.1) is 19.0 Å². The Labute approximate surface area is 182 Å². The number of benzene rings is 3. The van der Waals surface area contributed by atoms with Gasteiger partial charge in [-0.1, -0.05) is 54.5 Å². The molecule has 0 unspecified atom stereocenters. The number of aryl methyl sites for hydroxylation is 3. The van der Waals surface area contributed by atoms with Crippen molar-refractivity contribution in [3.05, 3.63) is 95.4 Å². The Bertz CT molecular complexity index is 1720. The van der Waals surface area contributed by atoms with Crippen LogP contribution in [-0.4, -0.2) is 0 Å². The zero-order valence-corrected chi connectivity index (χ0v) is 16.8. The lowest BCUT2D eigenvalue weighted by atomic mass is 9.98. The third-order valence-electron chi connectivity index (χ3n) is 5.43. The Balaban J connectivity index is 1.98. The molecule has 0 spiro atoms. The monoisotopic (exact) mass is 394 g/mol. The van der Waals surface area contributed by atoms with E-state index in [1.54, 1.807) is 12.1 Å². The first-order valence-electron chi connectivity index (χ1n) is 12.1. The van der Waals surface area contributed by atoms with Crippen LogP contribution in [0.5, 0.6) is 0 Å². The molecule has 5 rings (SSSR count). The molecule has 3 nitrogen and oxygen atoms in total. The van der Waals surface area contributed by atoms with Gasteiger partial charge in [0.2, 0.25) is 5.69 Å². The van der Waals surface area contributed by atoms with Gasteiger partial charge in [0.1, 0.15) is 18.2 Å². The molecular formula is C27H21N2O+. The average molecular weight is 395 g/mol. The number of furan rings is 1. The highest BCUT2D eigenvalue weighted by Gasteiger charge is 2.23. The summed E-state index contributed by atoms with van der Waals surface area (Å²) in [6, 6.07) is 9.38. The van der Waals surface area contributed by atoms with Gasteiger partial charge >= 0.3 is 0 Å². The van der Waals surface area contributed by atoms with Gasteiger partial charge in [-0.05, 0) is 30.5 Å². The highest BCUT2D eigenvalue weighted by molar-refractivity contribution is 6.15. The van der Waals surface area contributed by atoms with Crippen LogP contribution in [-0.2, 0) is 7.05 Å². The van der Waals surface area contributed by atoms with E-state index in [1.165, 1.54) is 0 Å². The SMILES string of the molecule is [2H]c1c([2H])c([2H])c(-c2c([N+]#[C-])ccc3c2oc2c(-c4cc(C)cc[n+]4C)c(C)ccc23)c([2H])c1[2H]. The van der Waals surface area contributed by atoms with Crippen LogP contribution < -0.4 is 4.57 Å². The number of pyridine rings is 1. The summed E-state index contributed by atoms with van der Waals surface area (Å²) in [4.78, 5) is 3.60. The molecule has 5 aromatic rings. The first-order chi connectivity index (χ1) is 16.6. The minimum Gasteiger partial charge on any atom is -0.456 e. The van der Waals surface area contributed by atoms with Crippen LogP contribution >= 0.6 is 0 Å². The van der Waals surface area contributed by atoms with Gasteiger partial charge in [0.15, 0.2) is 11.9 Å². The predicted molar refractivity (Wildman–Crippen MR) is 122 cm³/mol. The van der Waals surface area contributed by atoms with Crippen molar-refractivity contribution < 1.29 is 15.8 Å². The first kappa shape index (κ1) is 13.3. The number of fused-ring (bicyclic) bond motifs is 3. The summed E-state index contributed by atoms with van der Waals surface area (Å²) in [5.74, 6) is 0. The van der Waals surface area contributed by atoms with E-state index in [0.29, 0.717) is 16.6 Å². The van der Waals surface area contributed by atoms with Gasteiger partial charge in [0.25, 0.3) is 0 Å². The minimum absolute atomic E-state index is 0.0361. The molecule has 3 aromatic carbocycles. The fourth-order valence-electron chi connectivity index (χ4n) is 3.94. The van der Waals surface area contributed by atoms with Crippen molar-refractivity contribution in [1.29, 1.82) is 0 Å². The van der Waals surface area contributed by atoms with Crippen LogP contribution in [0.4, 0.5) is 5.69 Å². The summed E-state index contributed by atoms with van der Waals surface area (Å²) < 4.78 is 49.7. The second kappa shape index (κ2) is 6.86. The van der Waals surface area contributed by atoms with Crippen LogP contribution in [0.1, 0.15) is 18.0 Å². The molecule has 144 valence electrons. The Hall–Kier alpha value is -3.90. The fourth-order valence-corrected chi connectivity index (χ4v) is 3.94. The minimum atomic E-state index is -0.477. The van der Waals surface area contributed by atoms with Crippen LogP contribution in [0, 0.1) is 20.4 Å². The third kappa shape index (κ3) is 2.69. The van der Waals surface area contributed by atoms with Crippen molar-refractivity contribution in [3.8, 4) is 22.4 Å². The van der Waals surface area contributed by atoms with E-state index in [0.717, 1.165) is 27.8 Å². The van der Waals surface area contributed by atoms with E-state index in [1.807, 2.05) is 49.9 Å². The molecule has 0 aliphatic rings. The first-order valence-corrected chi connectivity index (χ1v) is 9.56. The Kier molecular flexibility index (Phi) is 3.05. The molecule has 30 heavy (non-hydrogen) atoms. The van der Waals surface area contributed by atoms with Crippen molar-refractivity contribution in [2.75, 3.05) is 0 Å². The highest BCUT2D eigenvalue weighted by atomic mass is 16.3. The Morgan fingerprint density at radius 2 is 1.63 bits per heavy atom. The van der Waals surface area contributed by atoms with E-state index in [9.17, 15) is 0 Å². The van der Waals surface area contributed by atoms with E-state index in [4.69, 9.17) is 17.8 Å². The zero-order valence-electron chi connectivity index (χ0n) is 21.8. The molecule has 0 aliphatic carbocycles. The lowest BCUT2D eigenvalue weighted by molar-refractivity contribution is -0.660. The molecule has 0 amide bonds. The number of rotatable bonds is 2. The molecule has 3 heteroatoms. The molecule has 0 radical (unpaired) electrons. The summed E-state index contributed by atoms with van der Waals surface area (Å²) in [7, 11) is 1.96. The van der Waals surface area contributed by atoms with Gasteiger partial charge in [-0.15, -0.1) is 0 Å². The standard InChI is InChI=1S/C27H21N2O/c1-17-14-15-29(4)23(16-17)24-18(2)10-11-20-21-12-13-22(28-3)25(27(21)30-26(20)24)19-8-6-5-7-9-19/h5-16H,1-2,4H3/q+1/i5D,6D,7D,8D,9D. The van der Waals surface area contributed by atoms with E-state index in [-0.39, 0.29) is 28.9 Å². The molecule has 0 saturated heterocycles. The maximum Gasteiger partial charge on any atom is 0.216 e. The number of nitrogens with zero attached hydrogens (tertiary/aromatic N) is 2. The largest absolute Gasteiger partial charge is 0.456 e. The van der Waals surface area contributed by atoms with Crippen molar-refractivity contribution in [2.24, 2.45) is 7.05 Å². The van der Waals surface area contributed by atoms with Crippen LogP contribution in [0.2, 0.25) is 0 Å². The van der Waals surface area contributed by atoms with Crippen molar-refractivity contribution in [2.45, 2.75) is 13.8 Å². The average Bonchev–Trinajstić information content (AvgIpc) is 3.22. The summed E-state index contributed by atoms with van der Waals surface area (Å²) >= 11 is 0. The molecule has 0 bridgehead atoms. The molecule has 2 aromatic heterocycles. The summed E-state index contributed by atoms with van der Waals surface area (Å²) in [6.45, 7) is 11.8. The number of hydrogen-bond acceptors (Lipinski definition) is 1. The molecule has 0 atom stereocenters. The number of hydrogen-bond donors (Lipinski definition) is 0. The van der Waals surface area contributed by atoms with Gasteiger partial charge < -0.3 is 4.42 Å². The van der Waals surface area contributed by atoms with E-state index in [2.05, 4.69) is 10.9 Å². The lowest BCUT2D eigenvalue weighted by Gasteiger charge is -2.06. The van der Waals surface area contributed by atoms with Gasteiger partial charge in [-0.3, -0.25) is 0 Å². The third-order valence-corrected chi connectivity index (χ3v) is 5.43. The zero-order chi connectivity index (χ0) is 25.2. The van der Waals surface area contributed by atoms with Gasteiger partial charge in [0, 0.05) is 28.5 Å². The second-order valence-corrected chi connectivity index (χ2v) is 7.38. The Morgan fingerprint density at radius 1 is 0.933 bits per heavy atom. The predicted octanol–water partition coefficient (Wildman–Crippen LogP) is 6.91. The van der Waals surface area contributed by atoms with Gasteiger partial charge in [-0.25, -0.2) is 9.41 Å². The summed E-state index contributed by atoms with van der Waals surface area (Å²) in [6.07, 6.45) is 1.99. The fraction of sp³-hybridized carbons (Fsp3) is 0.111. The van der Waals surface area contributed by atoms with Crippen LogP contribution in [0.3, 0.4) is 0 Å². The Morgan fingerprint density at radius 3 is 2.37 bits per heavy atom. The molecule has 0 N–H and O–H groups in total. The molecule has 0 saturated carbocycles. The maximum absolute atomic E-state index is 8.50. The molecular weight excluding hydrogens is 368 g/mol. The quantitative estimate of drug-likeness (QED) is 0.235. The van der Waals surface area contributed by atoms with Crippen molar-refractivity contribution >= 4 is 27.6 Å². The molecule has 0 fully saturated rings. The summed E-state index contributed by atoms with van der Waals surface area (Å²) in [5.41, 5.74) is 5.26. The molecule has 0 aliphatic heterocycles. The smallest absolute Gasteiger partial charge is 0.216 e. The number of aromatic nitrogens is 1. The van der Waals surface area contributed by atoms with Crippen LogP contribution in [0.25, 0.3) is 49.2 Å². The molecule has 2 heterocycles. The van der Waals surface area contributed by atoms with Crippen molar-refractivity contribution in [1.82, 2.24) is 0 Å². The second-order valence-electron chi connectivity index (χ2n) is 7.38. The van der Waals surface area contributed by atoms with Crippen LogP contribution in [0.15, 0.2) is 77.2 Å². The van der Waals surface area contributed by atoms with E-state index < -0.39 is 18.1 Å². The normalized spacial score (nSPS) is 13.5. The highest BCUT2D eigenvalue weighted by Crippen LogP contribution is 2.44. The lowest BCUT2D eigenvalue weighted by Crippen LogP contribution is -2.30. The van der Waals surface area contributed by atoms with Crippen molar-refractivity contribution in [3.63, 3.8) is 0 Å². The topological polar surface area (TPSA) is 21.4 Å².